The Balaban J connectivity index is 1.83. The van der Waals surface area contributed by atoms with Crippen LogP contribution in [0, 0.1) is 0 Å². The van der Waals surface area contributed by atoms with Crippen molar-refractivity contribution in [3.63, 3.8) is 0 Å². The van der Waals surface area contributed by atoms with Gasteiger partial charge in [0.25, 0.3) is 5.91 Å². The minimum atomic E-state index is -0.856. The molecule has 0 aliphatic carbocycles. The molecule has 178 valence electrons. The van der Waals surface area contributed by atoms with Crippen molar-refractivity contribution < 1.29 is 19.1 Å². The average molecular weight is 487 g/mol. The van der Waals surface area contributed by atoms with E-state index >= 15 is 0 Å². The maximum absolute atomic E-state index is 13.9. The van der Waals surface area contributed by atoms with Crippen LogP contribution in [0.3, 0.4) is 0 Å². The molecule has 0 N–H and O–H groups in total. The van der Waals surface area contributed by atoms with Gasteiger partial charge < -0.3 is 9.64 Å². The lowest BCUT2D eigenvalue weighted by atomic mass is 10.1. The summed E-state index contributed by atoms with van der Waals surface area (Å²) in [5.74, 6) is -1.05. The van der Waals surface area contributed by atoms with Gasteiger partial charge in [0.05, 0.1) is 23.4 Å². The number of nitrogens with zero attached hydrogens (tertiary/aromatic N) is 2. The zero-order chi connectivity index (χ0) is 24.9. The summed E-state index contributed by atoms with van der Waals surface area (Å²) < 4.78 is 5.17. The summed E-state index contributed by atoms with van der Waals surface area (Å²) in [6.45, 7) is 7.77. The third kappa shape index (κ3) is 4.86. The number of hydrogen-bond acceptors (Lipinski definition) is 5. The Hall–Kier alpha value is -3.84. The van der Waals surface area contributed by atoms with E-state index in [0.29, 0.717) is 22.5 Å². The number of benzene rings is 3. The van der Waals surface area contributed by atoms with Gasteiger partial charge in [-0.3, -0.25) is 14.5 Å². The second kappa shape index (κ2) is 10.6. The van der Waals surface area contributed by atoms with E-state index in [0.717, 1.165) is 9.79 Å². The Kier molecular flexibility index (Phi) is 7.36. The lowest BCUT2D eigenvalue weighted by molar-refractivity contribution is -0.119. The zero-order valence-corrected chi connectivity index (χ0v) is 20.5. The van der Waals surface area contributed by atoms with Crippen molar-refractivity contribution in [2.24, 2.45) is 0 Å². The molecule has 35 heavy (non-hydrogen) atoms. The fraction of sp³-hybridized carbons (Fsp3) is 0.179. The van der Waals surface area contributed by atoms with E-state index in [1.54, 1.807) is 55.2 Å². The van der Waals surface area contributed by atoms with Crippen LogP contribution in [-0.4, -0.2) is 37.0 Å². The first-order valence-electron chi connectivity index (χ1n) is 11.3. The number of hydrogen-bond donors (Lipinski definition) is 0. The molecule has 1 aliphatic heterocycles. The summed E-state index contributed by atoms with van der Waals surface area (Å²) in [7, 11) is 0. The number of carbonyl (C=O) groups is 3. The molecule has 1 aliphatic rings. The molecule has 2 amide bonds. The maximum atomic E-state index is 13.9. The predicted octanol–water partition coefficient (Wildman–Crippen LogP) is 5.58. The van der Waals surface area contributed by atoms with Crippen molar-refractivity contribution in [2.75, 3.05) is 23.0 Å². The normalized spacial score (nSPS) is 13.2. The summed E-state index contributed by atoms with van der Waals surface area (Å²) in [5.41, 5.74) is 2.03. The summed E-state index contributed by atoms with van der Waals surface area (Å²) in [5, 5.41) is 0. The molecule has 1 unspecified atom stereocenters. The van der Waals surface area contributed by atoms with Crippen LogP contribution < -0.4 is 9.80 Å². The fourth-order valence-corrected chi connectivity index (χ4v) is 5.05. The minimum Gasteiger partial charge on any atom is -0.462 e. The number of anilines is 2. The number of rotatable bonds is 7. The number of para-hydroxylation sites is 1. The van der Waals surface area contributed by atoms with Crippen molar-refractivity contribution in [3.05, 3.63) is 96.6 Å². The molecule has 7 heteroatoms. The van der Waals surface area contributed by atoms with Crippen molar-refractivity contribution in [1.82, 2.24) is 0 Å². The first-order valence-corrected chi connectivity index (χ1v) is 12.2. The van der Waals surface area contributed by atoms with Gasteiger partial charge in [0, 0.05) is 22.0 Å². The molecule has 0 radical (unpaired) electrons. The van der Waals surface area contributed by atoms with Crippen molar-refractivity contribution in [3.8, 4) is 0 Å². The highest BCUT2D eigenvalue weighted by atomic mass is 32.2. The molecule has 0 bridgehead atoms. The molecule has 1 heterocycles. The number of fused-ring (bicyclic) bond motifs is 2. The number of ether oxygens (including phenoxy) is 1. The average Bonchev–Trinajstić information content (AvgIpc) is 3.00. The third-order valence-electron chi connectivity index (χ3n) is 5.68. The van der Waals surface area contributed by atoms with Crippen molar-refractivity contribution >= 4 is 40.9 Å². The Morgan fingerprint density at radius 3 is 2.49 bits per heavy atom. The van der Waals surface area contributed by atoms with E-state index < -0.39 is 12.0 Å². The lowest BCUT2D eigenvalue weighted by Crippen LogP contribution is -2.50. The van der Waals surface area contributed by atoms with Crippen LogP contribution in [0.15, 0.2) is 95.2 Å². The molecular weight excluding hydrogens is 460 g/mol. The summed E-state index contributed by atoms with van der Waals surface area (Å²) >= 11 is 1.43. The van der Waals surface area contributed by atoms with Gasteiger partial charge >= 0.3 is 5.97 Å². The molecule has 0 fully saturated rings. The first-order chi connectivity index (χ1) is 17.0. The van der Waals surface area contributed by atoms with Gasteiger partial charge in [-0.2, -0.15) is 0 Å². The van der Waals surface area contributed by atoms with Crippen LogP contribution in [0.5, 0.6) is 0 Å². The van der Waals surface area contributed by atoms with Gasteiger partial charge in [0.1, 0.15) is 6.04 Å². The standard InChI is InChI=1S/C28H26N2O4S/c1-4-17-29(21-11-7-6-8-12-21)26(31)19(3)30-23-18-20(28(33)34-5-2)15-16-25(23)35-24-14-10-9-13-22(24)27(30)32/h4,6-16,18-19H,1,5,17H2,2-3H3. The van der Waals surface area contributed by atoms with Crippen LogP contribution >= 0.6 is 11.8 Å². The van der Waals surface area contributed by atoms with Crippen LogP contribution in [0.1, 0.15) is 34.6 Å². The van der Waals surface area contributed by atoms with E-state index in [2.05, 4.69) is 6.58 Å². The van der Waals surface area contributed by atoms with Crippen LogP contribution in [0.25, 0.3) is 0 Å². The molecule has 1 atom stereocenters. The van der Waals surface area contributed by atoms with Gasteiger partial charge in [0.2, 0.25) is 5.91 Å². The predicted molar refractivity (Wildman–Crippen MR) is 138 cm³/mol. The maximum Gasteiger partial charge on any atom is 0.338 e. The summed E-state index contributed by atoms with van der Waals surface area (Å²) in [6.07, 6.45) is 1.65. The monoisotopic (exact) mass is 486 g/mol. The van der Waals surface area contributed by atoms with Crippen LogP contribution in [-0.2, 0) is 9.53 Å². The lowest BCUT2D eigenvalue weighted by Gasteiger charge is -2.33. The smallest absolute Gasteiger partial charge is 0.338 e. The second-order valence-electron chi connectivity index (χ2n) is 7.93. The topological polar surface area (TPSA) is 66.9 Å². The molecule has 3 aromatic carbocycles. The first kappa shape index (κ1) is 24.3. The Labute approximate surface area is 209 Å². The molecule has 0 aromatic heterocycles. The van der Waals surface area contributed by atoms with Gasteiger partial charge in [-0.1, -0.05) is 48.2 Å². The largest absolute Gasteiger partial charge is 0.462 e. The Bertz CT molecular complexity index is 1270. The van der Waals surface area contributed by atoms with E-state index in [1.165, 1.54) is 16.7 Å². The van der Waals surface area contributed by atoms with E-state index in [1.807, 2.05) is 42.5 Å². The van der Waals surface area contributed by atoms with Gasteiger partial charge in [-0.05, 0) is 56.3 Å². The van der Waals surface area contributed by atoms with Crippen LogP contribution in [0.2, 0.25) is 0 Å². The Morgan fingerprint density at radius 1 is 1.06 bits per heavy atom. The number of carbonyl (C=O) groups excluding carboxylic acids is 3. The highest BCUT2D eigenvalue weighted by Gasteiger charge is 2.36. The second-order valence-corrected chi connectivity index (χ2v) is 9.01. The van der Waals surface area contributed by atoms with Crippen molar-refractivity contribution in [1.29, 1.82) is 0 Å². The van der Waals surface area contributed by atoms with Gasteiger partial charge in [0.15, 0.2) is 0 Å². The summed E-state index contributed by atoms with van der Waals surface area (Å²) in [4.78, 5) is 44.8. The van der Waals surface area contributed by atoms with Crippen molar-refractivity contribution in [2.45, 2.75) is 29.7 Å². The molecule has 0 spiro atoms. The van der Waals surface area contributed by atoms with Gasteiger partial charge in [-0.25, -0.2) is 4.79 Å². The highest BCUT2D eigenvalue weighted by molar-refractivity contribution is 7.99. The molecule has 0 saturated carbocycles. The molecule has 0 saturated heterocycles. The fourth-order valence-electron chi connectivity index (χ4n) is 4.00. The van der Waals surface area contributed by atoms with E-state index in [4.69, 9.17) is 4.74 Å². The number of esters is 1. The van der Waals surface area contributed by atoms with E-state index in [-0.39, 0.29) is 25.0 Å². The third-order valence-corrected chi connectivity index (χ3v) is 6.82. The SMILES string of the molecule is C=CCN(C(=O)C(C)N1C(=O)c2ccccc2Sc2ccc(C(=O)OCC)cc21)c1ccccc1. The minimum absolute atomic E-state index is 0.237. The molecule has 6 nitrogen and oxygen atoms in total. The zero-order valence-electron chi connectivity index (χ0n) is 19.6. The molecule has 3 aromatic rings. The van der Waals surface area contributed by atoms with Crippen LogP contribution in [0.4, 0.5) is 11.4 Å². The summed E-state index contributed by atoms with van der Waals surface area (Å²) in [6, 6.07) is 20.8. The number of amides is 2. The van der Waals surface area contributed by atoms with Gasteiger partial charge in [-0.15, -0.1) is 6.58 Å². The van der Waals surface area contributed by atoms with E-state index in [9.17, 15) is 14.4 Å². The highest BCUT2D eigenvalue weighted by Crippen LogP contribution is 2.42. The quantitative estimate of drug-likeness (QED) is 0.322. The molecule has 4 rings (SSSR count). The Morgan fingerprint density at radius 2 is 1.77 bits per heavy atom. The molecular formula is C28H26N2O4S.